The van der Waals surface area contributed by atoms with E-state index in [0.717, 1.165) is 0 Å². The van der Waals surface area contributed by atoms with Crippen LogP contribution < -0.4 is 15.2 Å². The van der Waals surface area contributed by atoms with Crippen molar-refractivity contribution in [2.75, 3.05) is 20.8 Å². The SMILES string of the molecule is COc1cc(C=O)c(C(O)C(O)CCN)cc1OC. The van der Waals surface area contributed by atoms with Gasteiger partial charge >= 0.3 is 0 Å². The lowest BCUT2D eigenvalue weighted by Gasteiger charge is -2.20. The van der Waals surface area contributed by atoms with Crippen LogP contribution in [-0.2, 0) is 0 Å². The van der Waals surface area contributed by atoms with Gasteiger partial charge in [-0.15, -0.1) is 0 Å². The highest BCUT2D eigenvalue weighted by Gasteiger charge is 2.22. The largest absolute Gasteiger partial charge is 0.493 e. The van der Waals surface area contributed by atoms with Gasteiger partial charge in [0, 0.05) is 5.56 Å². The zero-order chi connectivity index (χ0) is 14.4. The molecule has 106 valence electrons. The van der Waals surface area contributed by atoms with Crippen LogP contribution in [0.2, 0.25) is 0 Å². The van der Waals surface area contributed by atoms with Crippen LogP contribution in [0.3, 0.4) is 0 Å². The molecule has 1 rings (SSSR count). The van der Waals surface area contributed by atoms with E-state index in [0.29, 0.717) is 17.8 Å². The Kier molecular flexibility index (Phi) is 5.75. The van der Waals surface area contributed by atoms with E-state index in [4.69, 9.17) is 15.2 Å². The zero-order valence-corrected chi connectivity index (χ0v) is 11.0. The summed E-state index contributed by atoms with van der Waals surface area (Å²) in [6.45, 7) is 0.238. The van der Waals surface area contributed by atoms with Crippen LogP contribution >= 0.6 is 0 Å². The predicted octanol–water partition coefficient (Wildman–Crippen LogP) is 0.259. The van der Waals surface area contributed by atoms with Gasteiger partial charge in [-0.1, -0.05) is 0 Å². The molecule has 0 saturated carbocycles. The van der Waals surface area contributed by atoms with Crippen LogP contribution in [0.5, 0.6) is 11.5 Å². The predicted molar refractivity (Wildman–Crippen MR) is 69.6 cm³/mol. The quantitative estimate of drug-likeness (QED) is 0.614. The van der Waals surface area contributed by atoms with Crippen molar-refractivity contribution >= 4 is 6.29 Å². The number of carbonyl (C=O) groups excluding carboxylic acids is 1. The highest BCUT2D eigenvalue weighted by Crippen LogP contribution is 2.33. The summed E-state index contributed by atoms with van der Waals surface area (Å²) in [5.74, 6) is 0.760. The fourth-order valence-electron chi connectivity index (χ4n) is 1.80. The molecule has 0 heterocycles. The molecule has 0 saturated heterocycles. The number of methoxy groups -OCH3 is 2. The second kappa shape index (κ2) is 7.08. The summed E-state index contributed by atoms with van der Waals surface area (Å²) < 4.78 is 10.2. The van der Waals surface area contributed by atoms with E-state index >= 15 is 0 Å². The van der Waals surface area contributed by atoms with Crippen molar-refractivity contribution in [1.82, 2.24) is 0 Å². The molecule has 0 aliphatic carbocycles. The van der Waals surface area contributed by atoms with Gasteiger partial charge in [0.15, 0.2) is 17.8 Å². The highest BCUT2D eigenvalue weighted by molar-refractivity contribution is 5.79. The molecule has 0 fully saturated rings. The standard InChI is InChI=1S/C13H19NO5/c1-18-11-5-8(7-15)9(6-12(11)19-2)13(17)10(16)3-4-14/h5-7,10,13,16-17H,3-4,14H2,1-2H3. The number of hydrogen-bond donors (Lipinski definition) is 3. The Labute approximate surface area is 111 Å². The Bertz CT molecular complexity index is 435. The van der Waals surface area contributed by atoms with Gasteiger partial charge in [0.25, 0.3) is 0 Å². The maximum absolute atomic E-state index is 11.1. The normalized spacial score (nSPS) is 13.7. The Balaban J connectivity index is 3.21. The van der Waals surface area contributed by atoms with Crippen molar-refractivity contribution in [3.05, 3.63) is 23.3 Å². The van der Waals surface area contributed by atoms with Crippen LogP contribution in [-0.4, -0.2) is 43.4 Å². The second-order valence-corrected chi connectivity index (χ2v) is 4.04. The Morgan fingerprint density at radius 3 is 2.32 bits per heavy atom. The van der Waals surface area contributed by atoms with Crippen molar-refractivity contribution in [3.8, 4) is 11.5 Å². The van der Waals surface area contributed by atoms with Crippen molar-refractivity contribution in [2.24, 2.45) is 5.73 Å². The second-order valence-electron chi connectivity index (χ2n) is 4.04. The van der Waals surface area contributed by atoms with Crippen molar-refractivity contribution in [3.63, 3.8) is 0 Å². The van der Waals surface area contributed by atoms with E-state index in [1.165, 1.54) is 26.4 Å². The first kappa shape index (κ1) is 15.4. The number of nitrogens with two attached hydrogens (primary N) is 1. The third kappa shape index (κ3) is 3.44. The molecular weight excluding hydrogens is 250 g/mol. The first-order chi connectivity index (χ1) is 9.08. The van der Waals surface area contributed by atoms with Gasteiger partial charge in [0.05, 0.1) is 20.3 Å². The van der Waals surface area contributed by atoms with Crippen molar-refractivity contribution in [1.29, 1.82) is 0 Å². The molecule has 0 spiro atoms. The minimum Gasteiger partial charge on any atom is -0.493 e. The van der Waals surface area contributed by atoms with E-state index in [1.807, 2.05) is 0 Å². The molecule has 0 aromatic heterocycles. The number of rotatable bonds is 7. The molecule has 6 nitrogen and oxygen atoms in total. The van der Waals surface area contributed by atoms with Gasteiger partial charge in [-0.3, -0.25) is 4.79 Å². The molecule has 0 bridgehead atoms. The van der Waals surface area contributed by atoms with Gasteiger partial charge in [-0.25, -0.2) is 0 Å². The topological polar surface area (TPSA) is 102 Å². The number of ether oxygens (including phenoxy) is 2. The lowest BCUT2D eigenvalue weighted by molar-refractivity contribution is 0.0145. The lowest BCUT2D eigenvalue weighted by Crippen LogP contribution is -2.22. The van der Waals surface area contributed by atoms with E-state index in [-0.39, 0.29) is 24.1 Å². The summed E-state index contributed by atoms with van der Waals surface area (Å²) in [6.07, 6.45) is -1.42. The fraction of sp³-hybridized carbons (Fsp3) is 0.462. The third-order valence-corrected chi connectivity index (χ3v) is 2.86. The first-order valence-corrected chi connectivity index (χ1v) is 5.86. The van der Waals surface area contributed by atoms with Crippen LogP contribution in [0.25, 0.3) is 0 Å². The Morgan fingerprint density at radius 1 is 1.26 bits per heavy atom. The molecule has 0 radical (unpaired) electrons. The summed E-state index contributed by atoms with van der Waals surface area (Å²) in [6, 6.07) is 2.94. The van der Waals surface area contributed by atoms with Gasteiger partial charge < -0.3 is 25.4 Å². The Morgan fingerprint density at radius 2 is 1.84 bits per heavy atom. The molecule has 6 heteroatoms. The molecule has 2 atom stereocenters. The maximum atomic E-state index is 11.1. The monoisotopic (exact) mass is 269 g/mol. The number of aliphatic hydroxyl groups excluding tert-OH is 2. The van der Waals surface area contributed by atoms with Gasteiger partial charge in [0.1, 0.15) is 6.10 Å². The third-order valence-electron chi connectivity index (χ3n) is 2.86. The molecule has 0 aliphatic heterocycles. The zero-order valence-electron chi connectivity index (χ0n) is 11.0. The van der Waals surface area contributed by atoms with Crippen molar-refractivity contribution in [2.45, 2.75) is 18.6 Å². The summed E-state index contributed by atoms with van der Waals surface area (Å²) in [7, 11) is 2.90. The Hall–Kier alpha value is -1.63. The summed E-state index contributed by atoms with van der Waals surface area (Å²) in [5, 5.41) is 19.8. The first-order valence-electron chi connectivity index (χ1n) is 5.86. The smallest absolute Gasteiger partial charge is 0.161 e. The average Bonchev–Trinajstić information content (AvgIpc) is 2.45. The highest BCUT2D eigenvalue weighted by atomic mass is 16.5. The summed E-state index contributed by atoms with van der Waals surface area (Å²) >= 11 is 0. The molecule has 1 aromatic carbocycles. The summed E-state index contributed by atoms with van der Waals surface area (Å²) in [5.41, 5.74) is 5.86. The molecule has 0 aliphatic rings. The number of hydrogen-bond acceptors (Lipinski definition) is 6. The van der Waals surface area contributed by atoms with E-state index < -0.39 is 12.2 Å². The maximum Gasteiger partial charge on any atom is 0.161 e. The lowest BCUT2D eigenvalue weighted by atomic mass is 9.97. The molecular formula is C13H19NO5. The van der Waals surface area contributed by atoms with E-state index in [1.54, 1.807) is 0 Å². The number of carbonyl (C=O) groups is 1. The van der Waals surface area contributed by atoms with Crippen LogP contribution in [0, 0.1) is 0 Å². The minimum absolute atomic E-state index is 0.230. The molecule has 2 unspecified atom stereocenters. The molecule has 0 amide bonds. The van der Waals surface area contributed by atoms with Crippen LogP contribution in [0.1, 0.15) is 28.4 Å². The van der Waals surface area contributed by atoms with E-state index in [9.17, 15) is 15.0 Å². The van der Waals surface area contributed by atoms with Crippen LogP contribution in [0.4, 0.5) is 0 Å². The number of aliphatic hydroxyl groups is 2. The molecule has 4 N–H and O–H groups in total. The van der Waals surface area contributed by atoms with Gasteiger partial charge in [-0.2, -0.15) is 0 Å². The average molecular weight is 269 g/mol. The summed E-state index contributed by atoms with van der Waals surface area (Å²) in [4.78, 5) is 11.1. The van der Waals surface area contributed by atoms with E-state index in [2.05, 4.69) is 0 Å². The van der Waals surface area contributed by atoms with Gasteiger partial charge in [0.2, 0.25) is 0 Å². The number of aldehydes is 1. The fourth-order valence-corrected chi connectivity index (χ4v) is 1.80. The van der Waals surface area contributed by atoms with Crippen molar-refractivity contribution < 1.29 is 24.5 Å². The minimum atomic E-state index is -1.21. The molecule has 19 heavy (non-hydrogen) atoms. The van der Waals surface area contributed by atoms with Crippen LogP contribution in [0.15, 0.2) is 12.1 Å². The van der Waals surface area contributed by atoms with Gasteiger partial charge in [-0.05, 0) is 30.7 Å². The molecule has 1 aromatic rings. The number of benzene rings is 1.